The van der Waals surface area contributed by atoms with E-state index in [1.165, 1.54) is 6.20 Å². The van der Waals surface area contributed by atoms with Crippen molar-refractivity contribution >= 4 is 23.2 Å². The molecule has 0 spiro atoms. The standard InChI is InChI=1S/C22H26N4O4/c1-22(2,3)16(13-18(28)20-24-10-11-26(20)4)12-17(27)19(25-23)21(29)30-14-15-8-6-5-7-9-15/h5-11,16H,12-14H2,1-4H3/t16-/m1/s1. The number of aromatic nitrogens is 2. The average Bonchev–Trinajstić information content (AvgIpc) is 3.12. The molecule has 0 radical (unpaired) electrons. The number of benzene rings is 1. The number of imidazole rings is 1. The number of nitrogens with zero attached hydrogens (tertiary/aromatic N) is 4. The molecule has 0 aliphatic rings. The first-order valence-corrected chi connectivity index (χ1v) is 9.60. The lowest BCUT2D eigenvalue weighted by Gasteiger charge is -2.29. The summed E-state index contributed by atoms with van der Waals surface area (Å²) in [5.41, 5.74) is 8.89. The minimum absolute atomic E-state index is 0.0493. The van der Waals surface area contributed by atoms with E-state index in [1.807, 2.05) is 26.8 Å². The lowest BCUT2D eigenvalue weighted by Crippen LogP contribution is -2.33. The zero-order chi connectivity index (χ0) is 22.3. The lowest BCUT2D eigenvalue weighted by atomic mass is 9.74. The van der Waals surface area contributed by atoms with E-state index in [0.29, 0.717) is 5.82 Å². The minimum Gasteiger partial charge on any atom is -0.452 e. The molecule has 8 heteroatoms. The van der Waals surface area contributed by atoms with Crippen LogP contribution >= 0.6 is 0 Å². The quantitative estimate of drug-likeness (QED) is 0.157. The summed E-state index contributed by atoms with van der Waals surface area (Å²) >= 11 is 0. The fourth-order valence-electron chi connectivity index (χ4n) is 2.96. The van der Waals surface area contributed by atoms with Gasteiger partial charge in [-0.2, -0.15) is 4.79 Å². The van der Waals surface area contributed by atoms with Gasteiger partial charge >= 0.3 is 11.7 Å². The second kappa shape index (κ2) is 9.89. The third kappa shape index (κ3) is 6.06. The highest BCUT2D eigenvalue weighted by atomic mass is 16.5. The summed E-state index contributed by atoms with van der Waals surface area (Å²) in [6.07, 6.45) is 3.13. The Hall–Kier alpha value is -3.38. The molecule has 0 amide bonds. The van der Waals surface area contributed by atoms with Crippen molar-refractivity contribution in [2.24, 2.45) is 18.4 Å². The van der Waals surface area contributed by atoms with Crippen LogP contribution in [0, 0.1) is 11.3 Å². The molecule has 0 fully saturated rings. The summed E-state index contributed by atoms with van der Waals surface area (Å²) < 4.78 is 6.71. The molecular weight excluding hydrogens is 384 g/mol. The molecule has 0 aliphatic heterocycles. The van der Waals surface area contributed by atoms with Crippen molar-refractivity contribution in [2.45, 2.75) is 40.2 Å². The lowest BCUT2D eigenvalue weighted by molar-refractivity contribution is -0.143. The van der Waals surface area contributed by atoms with Gasteiger partial charge in [-0.05, 0) is 16.9 Å². The molecule has 1 heterocycles. The van der Waals surface area contributed by atoms with Gasteiger partial charge in [0, 0.05) is 32.3 Å². The van der Waals surface area contributed by atoms with Gasteiger partial charge in [0.25, 0.3) is 5.78 Å². The first-order valence-electron chi connectivity index (χ1n) is 9.60. The van der Waals surface area contributed by atoms with Crippen LogP contribution in [0.1, 0.15) is 49.8 Å². The van der Waals surface area contributed by atoms with Crippen LogP contribution in [0.25, 0.3) is 5.53 Å². The zero-order valence-electron chi connectivity index (χ0n) is 17.7. The van der Waals surface area contributed by atoms with Gasteiger partial charge in [-0.15, -0.1) is 0 Å². The molecule has 1 aromatic carbocycles. The van der Waals surface area contributed by atoms with Gasteiger partial charge in [-0.1, -0.05) is 51.1 Å². The Kier molecular flexibility index (Phi) is 7.55. The molecule has 30 heavy (non-hydrogen) atoms. The van der Waals surface area contributed by atoms with Crippen molar-refractivity contribution in [3.63, 3.8) is 0 Å². The van der Waals surface area contributed by atoms with Crippen molar-refractivity contribution < 1.29 is 23.9 Å². The van der Waals surface area contributed by atoms with Crippen molar-refractivity contribution in [1.82, 2.24) is 9.55 Å². The van der Waals surface area contributed by atoms with E-state index >= 15 is 0 Å². The van der Waals surface area contributed by atoms with E-state index in [2.05, 4.69) is 9.77 Å². The molecule has 8 nitrogen and oxygen atoms in total. The smallest absolute Gasteiger partial charge is 0.441 e. The number of carbonyl (C=O) groups is 3. The fraction of sp³-hybridized carbons (Fsp3) is 0.409. The average molecular weight is 410 g/mol. The topological polar surface area (TPSA) is 115 Å². The van der Waals surface area contributed by atoms with E-state index in [-0.39, 0.29) is 25.2 Å². The molecule has 0 saturated carbocycles. The number of hydrogen-bond acceptors (Lipinski definition) is 5. The Morgan fingerprint density at radius 3 is 2.37 bits per heavy atom. The van der Waals surface area contributed by atoms with Crippen molar-refractivity contribution in [3.05, 3.63) is 59.6 Å². The van der Waals surface area contributed by atoms with Crippen LogP contribution in [0.15, 0.2) is 42.7 Å². The van der Waals surface area contributed by atoms with E-state index < -0.39 is 28.8 Å². The van der Waals surface area contributed by atoms with Crippen LogP contribution in [0.5, 0.6) is 0 Å². The number of hydrogen-bond donors (Lipinski definition) is 0. The SMILES string of the molecule is Cn1ccnc1C(=O)C[C@@H](CC(=O)C(=[N+]=[N-])C(=O)OCc1ccccc1)C(C)(C)C. The first-order chi connectivity index (χ1) is 14.1. The van der Waals surface area contributed by atoms with E-state index in [9.17, 15) is 19.9 Å². The van der Waals surface area contributed by atoms with Crippen LogP contribution < -0.4 is 0 Å². The fourth-order valence-corrected chi connectivity index (χ4v) is 2.96. The van der Waals surface area contributed by atoms with Gasteiger partial charge in [0.2, 0.25) is 0 Å². The summed E-state index contributed by atoms with van der Waals surface area (Å²) in [7, 11) is 1.72. The monoisotopic (exact) mass is 410 g/mol. The Morgan fingerprint density at radius 2 is 1.83 bits per heavy atom. The van der Waals surface area contributed by atoms with Crippen LogP contribution in [0.3, 0.4) is 0 Å². The highest BCUT2D eigenvalue weighted by Crippen LogP contribution is 2.32. The van der Waals surface area contributed by atoms with Crippen LogP contribution in [-0.2, 0) is 28.0 Å². The molecule has 0 bridgehead atoms. The number of aryl methyl sites for hydroxylation is 1. The van der Waals surface area contributed by atoms with Gasteiger partial charge < -0.3 is 14.8 Å². The predicted octanol–water partition coefficient (Wildman–Crippen LogP) is 3.03. The molecule has 2 rings (SSSR count). The highest BCUT2D eigenvalue weighted by molar-refractivity contribution is 6.62. The number of ether oxygens (including phenoxy) is 1. The maximum atomic E-state index is 12.7. The van der Waals surface area contributed by atoms with Crippen molar-refractivity contribution in [3.8, 4) is 0 Å². The summed E-state index contributed by atoms with van der Waals surface area (Å²) in [4.78, 5) is 44.5. The molecule has 2 aromatic rings. The molecular formula is C22H26N4O4. The van der Waals surface area contributed by atoms with Crippen LogP contribution in [-0.4, -0.2) is 37.6 Å². The highest BCUT2D eigenvalue weighted by Gasteiger charge is 2.37. The third-order valence-corrected chi connectivity index (χ3v) is 4.93. The third-order valence-electron chi connectivity index (χ3n) is 4.93. The molecule has 0 saturated heterocycles. The molecule has 1 atom stereocenters. The number of Topliss-reactive ketones (excluding diaryl/α,β-unsaturated/α-hetero) is 2. The molecule has 0 unspecified atom stereocenters. The second-order valence-electron chi connectivity index (χ2n) is 8.19. The summed E-state index contributed by atoms with van der Waals surface area (Å²) in [5.74, 6) is -1.98. The Labute approximate surface area is 175 Å². The summed E-state index contributed by atoms with van der Waals surface area (Å²) in [6, 6.07) is 8.95. The number of ketones is 2. The number of esters is 1. The largest absolute Gasteiger partial charge is 0.452 e. The van der Waals surface area contributed by atoms with Gasteiger partial charge in [-0.3, -0.25) is 9.59 Å². The van der Waals surface area contributed by atoms with Crippen molar-refractivity contribution in [1.29, 1.82) is 0 Å². The summed E-state index contributed by atoms with van der Waals surface area (Å²) in [6.45, 7) is 5.66. The number of carbonyl (C=O) groups excluding carboxylic acids is 3. The summed E-state index contributed by atoms with van der Waals surface area (Å²) in [5, 5.41) is 0. The second-order valence-corrected chi connectivity index (χ2v) is 8.19. The van der Waals surface area contributed by atoms with E-state index in [4.69, 9.17) is 4.74 Å². The molecule has 1 aromatic heterocycles. The predicted molar refractivity (Wildman–Crippen MR) is 110 cm³/mol. The zero-order valence-corrected chi connectivity index (χ0v) is 17.7. The van der Waals surface area contributed by atoms with Crippen molar-refractivity contribution in [2.75, 3.05) is 0 Å². The molecule has 158 valence electrons. The van der Waals surface area contributed by atoms with Crippen LogP contribution in [0.4, 0.5) is 0 Å². The maximum Gasteiger partial charge on any atom is 0.441 e. The maximum absolute atomic E-state index is 12.7. The Balaban J connectivity index is 2.07. The van der Waals surface area contributed by atoms with E-state index in [0.717, 1.165) is 5.56 Å². The van der Waals surface area contributed by atoms with Gasteiger partial charge in [0.05, 0.1) is 0 Å². The Bertz CT molecular complexity index is 967. The minimum atomic E-state index is -1.01. The van der Waals surface area contributed by atoms with Gasteiger partial charge in [-0.25, -0.2) is 9.78 Å². The van der Waals surface area contributed by atoms with Gasteiger partial charge in [0.1, 0.15) is 6.61 Å². The van der Waals surface area contributed by atoms with E-state index in [1.54, 1.807) is 42.1 Å². The normalized spacial score (nSPS) is 12.0. The van der Waals surface area contributed by atoms with Gasteiger partial charge in [0.15, 0.2) is 11.6 Å². The first kappa shape index (κ1) is 22.9. The van der Waals surface area contributed by atoms with Crippen LogP contribution in [0.2, 0.25) is 0 Å². The molecule has 0 N–H and O–H groups in total. The molecule has 0 aliphatic carbocycles. The number of rotatable bonds is 9. The Morgan fingerprint density at radius 1 is 1.17 bits per heavy atom.